The van der Waals surface area contributed by atoms with E-state index in [4.69, 9.17) is 32.4 Å². The summed E-state index contributed by atoms with van der Waals surface area (Å²) in [6.07, 6.45) is 5.93. The fraction of sp³-hybridized carbons (Fsp3) is 0.207. The highest BCUT2D eigenvalue weighted by atomic mass is 35.5. The number of benzene rings is 2. The number of nitrogens with zero attached hydrogens (tertiary/aromatic N) is 2. The summed E-state index contributed by atoms with van der Waals surface area (Å²) in [5, 5.41) is 1.98. The van der Waals surface area contributed by atoms with Crippen molar-refractivity contribution < 1.29 is 33.1 Å². The lowest BCUT2D eigenvalue weighted by Crippen LogP contribution is -2.52. The lowest BCUT2D eigenvalue weighted by Gasteiger charge is -2.31. The summed E-state index contributed by atoms with van der Waals surface area (Å²) in [6, 6.07) is 12.9. The highest BCUT2D eigenvalue weighted by molar-refractivity contribution is 6.36. The van der Waals surface area contributed by atoms with E-state index in [0.29, 0.717) is 11.4 Å². The zero-order valence-electron chi connectivity index (χ0n) is 20.7. The third-order valence-corrected chi connectivity index (χ3v) is 8.03. The van der Waals surface area contributed by atoms with Gasteiger partial charge in [0.2, 0.25) is 5.76 Å². The maximum absolute atomic E-state index is 13.7. The molecule has 2 bridgehead atoms. The van der Waals surface area contributed by atoms with Gasteiger partial charge in [0.05, 0.1) is 28.7 Å². The number of furan rings is 1. The molecule has 202 valence electrons. The molecule has 2 heterocycles. The Labute approximate surface area is 237 Å². The van der Waals surface area contributed by atoms with Crippen LogP contribution in [-0.4, -0.2) is 46.0 Å². The van der Waals surface area contributed by atoms with Crippen LogP contribution < -0.4 is 4.74 Å². The molecule has 1 saturated heterocycles. The maximum Gasteiger partial charge on any atom is 0.379 e. The summed E-state index contributed by atoms with van der Waals surface area (Å²) in [7, 11) is 0. The summed E-state index contributed by atoms with van der Waals surface area (Å²) in [4.78, 5) is 66.3. The smallest absolute Gasteiger partial charge is 0.379 e. The quantitative estimate of drug-likeness (QED) is 0.129. The first-order chi connectivity index (χ1) is 19.2. The van der Waals surface area contributed by atoms with Gasteiger partial charge >= 0.3 is 5.97 Å². The molecule has 0 N–H and O–H groups in total. The van der Waals surface area contributed by atoms with Crippen molar-refractivity contribution in [1.29, 1.82) is 0 Å². The van der Waals surface area contributed by atoms with Crippen LogP contribution in [0.3, 0.4) is 0 Å². The van der Waals surface area contributed by atoms with Gasteiger partial charge in [-0.1, -0.05) is 35.4 Å². The summed E-state index contributed by atoms with van der Waals surface area (Å²) < 4.78 is 10.2. The van der Waals surface area contributed by atoms with Gasteiger partial charge in [0.25, 0.3) is 17.7 Å². The van der Waals surface area contributed by atoms with E-state index in [0.717, 1.165) is 10.0 Å². The van der Waals surface area contributed by atoms with Gasteiger partial charge in [0, 0.05) is 10.6 Å². The van der Waals surface area contributed by atoms with E-state index < -0.39 is 47.9 Å². The van der Waals surface area contributed by atoms with Crippen LogP contribution in [-0.2, 0) is 9.59 Å². The summed E-state index contributed by atoms with van der Waals surface area (Å²) in [6.45, 7) is -0.608. The van der Waals surface area contributed by atoms with E-state index in [9.17, 15) is 24.0 Å². The van der Waals surface area contributed by atoms with Gasteiger partial charge in [-0.05, 0) is 72.9 Å². The number of amides is 3. The first-order valence-corrected chi connectivity index (χ1v) is 13.2. The Kier molecular flexibility index (Phi) is 6.56. The van der Waals surface area contributed by atoms with E-state index in [2.05, 4.69) is 0 Å². The first kappa shape index (κ1) is 26.0. The Hall–Kier alpha value is -4.21. The van der Waals surface area contributed by atoms with Crippen molar-refractivity contribution >= 4 is 52.7 Å². The standard InChI is InChI=1S/C29H20Cl2N2O7/c30-18-7-10-20(21(31)13-18)26(35)32(33-27(36)24-16-3-4-17(12-16)25(24)28(33)37)14-22(34)15-5-8-19(9-6-15)40-29(38)23-2-1-11-39-23/h1-11,13,16-17,24-25H,12,14H2/t16-,17-,24-,25-/m0/s1. The molecule has 3 aliphatic rings. The average Bonchev–Trinajstić information content (AvgIpc) is 3.73. The van der Waals surface area contributed by atoms with Crippen molar-refractivity contribution in [3.8, 4) is 5.75 Å². The molecule has 4 atom stereocenters. The van der Waals surface area contributed by atoms with Gasteiger partial charge in [0.15, 0.2) is 5.78 Å². The Balaban J connectivity index is 1.27. The summed E-state index contributed by atoms with van der Waals surface area (Å²) in [5.41, 5.74) is 0.150. The van der Waals surface area contributed by atoms with Crippen LogP contribution in [0, 0.1) is 23.7 Å². The van der Waals surface area contributed by atoms with Gasteiger partial charge in [-0.2, -0.15) is 5.01 Å². The Morgan fingerprint density at radius 3 is 2.23 bits per heavy atom. The van der Waals surface area contributed by atoms with Gasteiger partial charge in [-0.3, -0.25) is 19.2 Å². The molecule has 2 aromatic carbocycles. The zero-order valence-corrected chi connectivity index (χ0v) is 22.2. The fourth-order valence-corrected chi connectivity index (χ4v) is 6.14. The third-order valence-electron chi connectivity index (χ3n) is 7.49. The van der Waals surface area contributed by atoms with Crippen molar-refractivity contribution in [1.82, 2.24) is 10.0 Å². The topological polar surface area (TPSA) is 114 Å². The normalized spacial score (nSPS) is 22.5. The van der Waals surface area contributed by atoms with E-state index in [1.165, 1.54) is 54.8 Å². The van der Waals surface area contributed by atoms with Crippen molar-refractivity contribution in [3.63, 3.8) is 0 Å². The van der Waals surface area contributed by atoms with Crippen LogP contribution in [0.1, 0.15) is 37.7 Å². The summed E-state index contributed by atoms with van der Waals surface area (Å²) >= 11 is 12.3. The summed E-state index contributed by atoms with van der Waals surface area (Å²) in [5.74, 6) is -4.21. The van der Waals surface area contributed by atoms with E-state index in [-0.39, 0.29) is 39.5 Å². The molecule has 0 radical (unpaired) electrons. The number of Topliss-reactive ketones (excluding diaryl/α,β-unsaturated/α-hetero) is 1. The number of hydrogen-bond acceptors (Lipinski definition) is 7. The monoisotopic (exact) mass is 578 g/mol. The minimum atomic E-state index is -0.791. The van der Waals surface area contributed by atoms with Crippen molar-refractivity contribution in [3.05, 3.63) is 99.9 Å². The molecule has 9 nitrogen and oxygen atoms in total. The van der Waals surface area contributed by atoms with E-state index >= 15 is 0 Å². The molecule has 3 aromatic rings. The SMILES string of the molecule is O=C(CN(C(=O)c1ccc(Cl)cc1Cl)N1C(=O)[C@@H]2[C@@H](C1=O)[C@H]1C=C[C@H]2C1)c1ccc(OC(=O)c2ccco2)cc1. The van der Waals surface area contributed by atoms with Crippen molar-refractivity contribution in [2.45, 2.75) is 6.42 Å². The van der Waals surface area contributed by atoms with Crippen LogP contribution in [0.2, 0.25) is 10.0 Å². The van der Waals surface area contributed by atoms with Crippen LogP contribution in [0.4, 0.5) is 0 Å². The predicted octanol–water partition coefficient (Wildman–Crippen LogP) is 4.85. The minimum absolute atomic E-state index is 0.0127. The Morgan fingerprint density at radius 2 is 1.62 bits per heavy atom. The second-order valence-corrected chi connectivity index (χ2v) is 10.6. The van der Waals surface area contributed by atoms with Crippen LogP contribution in [0.15, 0.2) is 77.4 Å². The number of rotatable bonds is 7. The lowest BCUT2D eigenvalue weighted by molar-refractivity contribution is -0.154. The maximum atomic E-state index is 13.7. The number of carbonyl (C=O) groups excluding carboxylic acids is 5. The van der Waals surface area contributed by atoms with E-state index in [1.807, 2.05) is 12.2 Å². The predicted molar refractivity (Wildman–Crippen MR) is 142 cm³/mol. The van der Waals surface area contributed by atoms with Crippen LogP contribution >= 0.6 is 23.2 Å². The zero-order chi connectivity index (χ0) is 28.1. The Morgan fingerprint density at radius 1 is 0.950 bits per heavy atom. The molecule has 6 rings (SSSR count). The number of ether oxygens (including phenoxy) is 1. The van der Waals surface area contributed by atoms with Gasteiger partial charge in [0.1, 0.15) is 12.3 Å². The number of fused-ring (bicyclic) bond motifs is 5. The molecule has 0 spiro atoms. The molecular formula is C29H20Cl2N2O7. The largest absolute Gasteiger partial charge is 0.457 e. The number of hydrogen-bond donors (Lipinski definition) is 0. The molecule has 3 amide bonds. The molecule has 1 saturated carbocycles. The van der Waals surface area contributed by atoms with E-state index in [1.54, 1.807) is 6.07 Å². The number of carbonyl (C=O) groups is 5. The number of ketones is 1. The van der Waals surface area contributed by atoms with Gasteiger partial charge in [-0.25, -0.2) is 9.80 Å². The second-order valence-electron chi connectivity index (χ2n) is 9.79. The molecule has 1 aromatic heterocycles. The first-order valence-electron chi connectivity index (χ1n) is 12.4. The molecule has 0 unspecified atom stereocenters. The van der Waals surface area contributed by atoms with Gasteiger partial charge in [-0.15, -0.1) is 0 Å². The fourth-order valence-electron chi connectivity index (χ4n) is 5.65. The molecular weight excluding hydrogens is 559 g/mol. The number of esters is 1. The third kappa shape index (κ3) is 4.41. The molecule has 11 heteroatoms. The second kappa shape index (κ2) is 10.1. The lowest BCUT2D eigenvalue weighted by atomic mass is 9.85. The molecule has 1 aliphatic heterocycles. The highest BCUT2D eigenvalue weighted by Crippen LogP contribution is 2.52. The van der Waals surface area contributed by atoms with Crippen LogP contribution in [0.5, 0.6) is 5.75 Å². The number of allylic oxidation sites excluding steroid dienone is 2. The Bertz CT molecular complexity index is 1550. The molecule has 2 fully saturated rings. The highest BCUT2D eigenvalue weighted by Gasteiger charge is 2.61. The van der Waals surface area contributed by atoms with Crippen LogP contribution in [0.25, 0.3) is 0 Å². The number of hydrazine groups is 1. The molecule has 40 heavy (non-hydrogen) atoms. The number of halogens is 2. The van der Waals surface area contributed by atoms with Crippen molar-refractivity contribution in [2.75, 3.05) is 6.54 Å². The van der Waals surface area contributed by atoms with Crippen molar-refractivity contribution in [2.24, 2.45) is 23.7 Å². The minimum Gasteiger partial charge on any atom is -0.457 e. The van der Waals surface area contributed by atoms with Gasteiger partial charge < -0.3 is 9.15 Å². The number of imide groups is 1. The molecule has 2 aliphatic carbocycles. The average molecular weight is 579 g/mol.